The van der Waals surface area contributed by atoms with Gasteiger partial charge in [-0.2, -0.15) is 13.2 Å². The van der Waals surface area contributed by atoms with E-state index in [-0.39, 0.29) is 10.9 Å². The van der Waals surface area contributed by atoms with Crippen LogP contribution in [-0.4, -0.2) is 55.9 Å². The number of halogens is 3. The Hall–Kier alpha value is -3.41. The fraction of sp³-hybridized carbons (Fsp3) is 0.348. The zero-order valence-corrected chi connectivity index (χ0v) is 19.9. The van der Waals surface area contributed by atoms with Crippen molar-refractivity contribution in [2.24, 2.45) is 0 Å². The van der Waals surface area contributed by atoms with Crippen molar-refractivity contribution in [1.29, 1.82) is 0 Å². The molecule has 0 atom stereocenters. The SMILES string of the molecule is COc1ccncc1N(c1ccc(C(F)(F)F)cc1)C1CCN(c2ncc(S(C)(=O)=O)cn2)CC1. The number of nitrogens with zero attached hydrogens (tertiary/aromatic N) is 5. The van der Waals surface area contributed by atoms with Crippen LogP contribution in [0.5, 0.6) is 5.75 Å². The summed E-state index contributed by atoms with van der Waals surface area (Å²) in [6.07, 6.45) is 3.78. The van der Waals surface area contributed by atoms with Gasteiger partial charge in [-0.1, -0.05) is 0 Å². The summed E-state index contributed by atoms with van der Waals surface area (Å²) >= 11 is 0. The van der Waals surface area contributed by atoms with Gasteiger partial charge in [0.2, 0.25) is 5.95 Å². The summed E-state index contributed by atoms with van der Waals surface area (Å²) in [5.41, 5.74) is 0.530. The van der Waals surface area contributed by atoms with Crippen LogP contribution in [0.4, 0.5) is 30.5 Å². The minimum Gasteiger partial charge on any atom is -0.494 e. The minimum atomic E-state index is -4.42. The van der Waals surface area contributed by atoms with Gasteiger partial charge < -0.3 is 14.5 Å². The molecular weight excluding hydrogens is 483 g/mol. The van der Waals surface area contributed by atoms with E-state index in [1.165, 1.54) is 31.6 Å². The van der Waals surface area contributed by atoms with Crippen LogP contribution in [0.25, 0.3) is 0 Å². The molecule has 8 nitrogen and oxygen atoms in total. The molecule has 35 heavy (non-hydrogen) atoms. The maximum Gasteiger partial charge on any atom is 0.416 e. The second kappa shape index (κ2) is 9.68. The summed E-state index contributed by atoms with van der Waals surface area (Å²) in [6, 6.07) is 6.69. The van der Waals surface area contributed by atoms with Crippen molar-refractivity contribution in [3.8, 4) is 5.75 Å². The molecule has 0 N–H and O–H groups in total. The number of anilines is 3. The number of ether oxygens (including phenoxy) is 1. The van der Waals surface area contributed by atoms with Crippen LogP contribution in [-0.2, 0) is 16.0 Å². The van der Waals surface area contributed by atoms with E-state index in [4.69, 9.17) is 4.74 Å². The Kier molecular flexibility index (Phi) is 6.84. The van der Waals surface area contributed by atoms with Gasteiger partial charge >= 0.3 is 6.18 Å². The van der Waals surface area contributed by atoms with E-state index < -0.39 is 21.6 Å². The third kappa shape index (κ3) is 5.47. The number of methoxy groups -OCH3 is 1. The summed E-state index contributed by atoms with van der Waals surface area (Å²) in [4.78, 5) is 16.6. The van der Waals surface area contributed by atoms with Gasteiger partial charge in [0.05, 0.1) is 31.3 Å². The molecule has 0 unspecified atom stereocenters. The highest BCUT2D eigenvalue weighted by molar-refractivity contribution is 7.90. The van der Waals surface area contributed by atoms with Crippen LogP contribution in [0.3, 0.4) is 0 Å². The number of aromatic nitrogens is 3. The summed E-state index contributed by atoms with van der Waals surface area (Å²) in [7, 11) is -1.86. The van der Waals surface area contributed by atoms with Crippen molar-refractivity contribution in [1.82, 2.24) is 15.0 Å². The van der Waals surface area contributed by atoms with Crippen molar-refractivity contribution in [3.05, 3.63) is 60.7 Å². The number of benzene rings is 1. The number of piperidine rings is 1. The first kappa shape index (κ1) is 24.7. The predicted molar refractivity (Wildman–Crippen MR) is 125 cm³/mol. The van der Waals surface area contributed by atoms with Crippen LogP contribution in [0, 0.1) is 0 Å². The Morgan fingerprint density at radius 2 is 1.66 bits per heavy atom. The molecule has 0 aliphatic carbocycles. The number of sulfone groups is 1. The highest BCUT2D eigenvalue weighted by Crippen LogP contribution is 2.39. The molecule has 3 aromatic rings. The molecule has 1 aromatic carbocycles. The normalized spacial score (nSPS) is 15.2. The van der Waals surface area contributed by atoms with Crippen molar-refractivity contribution in [2.75, 3.05) is 36.3 Å². The van der Waals surface area contributed by atoms with Gasteiger partial charge in [0.1, 0.15) is 16.3 Å². The lowest BCUT2D eigenvalue weighted by atomic mass is 10.0. The third-order valence-electron chi connectivity index (χ3n) is 5.87. The Morgan fingerprint density at radius 3 is 2.20 bits per heavy atom. The first-order chi connectivity index (χ1) is 16.6. The lowest BCUT2D eigenvalue weighted by molar-refractivity contribution is -0.137. The van der Waals surface area contributed by atoms with Gasteiger partial charge in [-0.15, -0.1) is 0 Å². The Labute approximate surface area is 201 Å². The maximum atomic E-state index is 13.1. The second-order valence-corrected chi connectivity index (χ2v) is 10.2. The molecule has 1 aliphatic rings. The molecule has 0 saturated carbocycles. The van der Waals surface area contributed by atoms with Gasteiger partial charge in [0, 0.05) is 43.3 Å². The monoisotopic (exact) mass is 507 g/mol. The lowest BCUT2D eigenvalue weighted by Crippen LogP contribution is -2.44. The van der Waals surface area contributed by atoms with Crippen LogP contribution < -0.4 is 14.5 Å². The largest absolute Gasteiger partial charge is 0.494 e. The fourth-order valence-electron chi connectivity index (χ4n) is 4.07. The molecule has 3 heterocycles. The maximum absolute atomic E-state index is 13.1. The van der Waals surface area contributed by atoms with E-state index in [1.54, 1.807) is 18.5 Å². The molecule has 1 fully saturated rings. The van der Waals surface area contributed by atoms with Gasteiger partial charge in [0.25, 0.3) is 0 Å². The van der Waals surface area contributed by atoms with Crippen LogP contribution in [0.1, 0.15) is 18.4 Å². The Balaban J connectivity index is 1.59. The fourth-order valence-corrected chi connectivity index (χ4v) is 4.56. The molecule has 186 valence electrons. The van der Waals surface area contributed by atoms with Crippen molar-refractivity contribution >= 4 is 27.2 Å². The molecule has 4 rings (SSSR count). The van der Waals surface area contributed by atoms with Crippen LogP contribution >= 0.6 is 0 Å². The van der Waals surface area contributed by atoms with E-state index in [0.717, 1.165) is 18.4 Å². The highest BCUT2D eigenvalue weighted by atomic mass is 32.2. The van der Waals surface area contributed by atoms with E-state index in [1.807, 2.05) is 9.80 Å². The summed E-state index contributed by atoms with van der Waals surface area (Å²) < 4.78 is 68.2. The zero-order chi connectivity index (χ0) is 25.2. The van der Waals surface area contributed by atoms with Crippen LogP contribution in [0.15, 0.2) is 60.0 Å². The highest BCUT2D eigenvalue weighted by Gasteiger charge is 2.32. The summed E-state index contributed by atoms with van der Waals surface area (Å²) in [5, 5.41) is 0. The number of rotatable bonds is 6. The van der Waals surface area contributed by atoms with Crippen molar-refractivity contribution in [3.63, 3.8) is 0 Å². The molecule has 12 heteroatoms. The van der Waals surface area contributed by atoms with Crippen molar-refractivity contribution < 1.29 is 26.3 Å². The lowest BCUT2D eigenvalue weighted by Gasteiger charge is -2.40. The second-order valence-electron chi connectivity index (χ2n) is 8.17. The van der Waals surface area contributed by atoms with E-state index in [9.17, 15) is 21.6 Å². The number of pyridine rings is 1. The first-order valence-corrected chi connectivity index (χ1v) is 12.7. The Bertz CT molecular complexity index is 1260. The molecule has 1 saturated heterocycles. The predicted octanol–water partition coefficient (Wildman–Crippen LogP) is 4.11. The molecule has 0 bridgehead atoms. The molecule has 0 spiro atoms. The first-order valence-electron chi connectivity index (χ1n) is 10.8. The molecule has 0 amide bonds. The molecule has 0 radical (unpaired) electrons. The van der Waals surface area contributed by atoms with E-state index in [0.29, 0.717) is 49.0 Å². The number of hydrogen-bond donors (Lipinski definition) is 0. The van der Waals surface area contributed by atoms with Gasteiger partial charge in [-0.05, 0) is 37.1 Å². The topological polar surface area (TPSA) is 88.5 Å². The molecule has 1 aliphatic heterocycles. The zero-order valence-electron chi connectivity index (χ0n) is 19.1. The molecular formula is C23H24F3N5O3S. The quantitative estimate of drug-likeness (QED) is 0.493. The van der Waals surface area contributed by atoms with E-state index in [2.05, 4.69) is 15.0 Å². The average molecular weight is 508 g/mol. The summed E-state index contributed by atoms with van der Waals surface area (Å²) in [6.45, 7) is 1.14. The smallest absolute Gasteiger partial charge is 0.416 e. The van der Waals surface area contributed by atoms with Gasteiger partial charge in [-0.25, -0.2) is 18.4 Å². The third-order valence-corrected chi connectivity index (χ3v) is 6.94. The summed E-state index contributed by atoms with van der Waals surface area (Å²) in [5.74, 6) is 0.984. The molecule has 2 aromatic heterocycles. The average Bonchev–Trinajstić information content (AvgIpc) is 2.84. The van der Waals surface area contributed by atoms with Crippen molar-refractivity contribution in [2.45, 2.75) is 30.0 Å². The number of alkyl halides is 3. The van der Waals surface area contributed by atoms with E-state index >= 15 is 0 Å². The van der Waals surface area contributed by atoms with Gasteiger partial charge in [0.15, 0.2) is 9.84 Å². The van der Waals surface area contributed by atoms with Gasteiger partial charge in [-0.3, -0.25) is 4.98 Å². The standard InChI is InChI=1S/C23H24F3N5O3S/c1-34-21-7-10-27-15-20(21)31(17-5-3-16(4-6-17)23(24,25)26)18-8-11-30(12-9-18)22-28-13-19(14-29-22)35(2,32)33/h3-7,10,13-15,18H,8-9,11-12H2,1-2H3. The van der Waals surface area contributed by atoms with Crippen LogP contribution in [0.2, 0.25) is 0 Å². The minimum absolute atomic E-state index is 0.0493. The Morgan fingerprint density at radius 1 is 1.03 bits per heavy atom. The number of hydrogen-bond acceptors (Lipinski definition) is 8.